The predicted octanol–water partition coefficient (Wildman–Crippen LogP) is 0.704. The molecule has 2 heterocycles. The highest BCUT2D eigenvalue weighted by Crippen LogP contribution is 2.34. The van der Waals surface area contributed by atoms with E-state index >= 15 is 0 Å². The lowest BCUT2D eigenvalue weighted by Gasteiger charge is -2.16. The van der Waals surface area contributed by atoms with Gasteiger partial charge in [0, 0.05) is 19.4 Å². The van der Waals surface area contributed by atoms with Crippen LogP contribution in [0.2, 0.25) is 0 Å². The lowest BCUT2D eigenvalue weighted by atomic mass is 10.0. The lowest BCUT2D eigenvalue weighted by molar-refractivity contribution is -0.138. The van der Waals surface area contributed by atoms with Gasteiger partial charge in [0.25, 0.3) is 0 Å². The van der Waals surface area contributed by atoms with Crippen LogP contribution in [0.15, 0.2) is 0 Å². The van der Waals surface area contributed by atoms with E-state index < -0.39 is 0 Å². The molecule has 1 atom stereocenters. The van der Waals surface area contributed by atoms with Gasteiger partial charge in [0.1, 0.15) is 0 Å². The topological polar surface area (TPSA) is 49.9 Å². The Morgan fingerprint density at radius 2 is 1.93 bits per heavy atom. The normalized spacial score (nSPS) is 31.4. The average molecular weight is 197 g/mol. The summed E-state index contributed by atoms with van der Waals surface area (Å²) in [4.78, 5) is 23.9. The number of ether oxygens (including phenoxy) is 1. The van der Waals surface area contributed by atoms with Gasteiger partial charge in [-0.1, -0.05) is 6.92 Å². The van der Waals surface area contributed by atoms with Crippen molar-refractivity contribution < 1.29 is 14.3 Å². The average Bonchev–Trinajstić information content (AvgIpc) is 2.89. The molecular formula is C10H15NO3. The second-order valence-electron chi connectivity index (χ2n) is 4.01. The minimum atomic E-state index is -0.0260. The van der Waals surface area contributed by atoms with Gasteiger partial charge in [-0.15, -0.1) is 0 Å². The first-order valence-corrected chi connectivity index (χ1v) is 5.14. The van der Waals surface area contributed by atoms with Crippen LogP contribution >= 0.6 is 0 Å². The molecule has 0 aromatic rings. The van der Waals surface area contributed by atoms with E-state index in [1.165, 1.54) is 4.90 Å². The molecule has 1 unspecified atom stereocenters. The molecule has 0 spiro atoms. The van der Waals surface area contributed by atoms with E-state index in [1.807, 2.05) is 0 Å². The van der Waals surface area contributed by atoms with Crippen molar-refractivity contribution in [3.63, 3.8) is 0 Å². The first-order valence-electron chi connectivity index (χ1n) is 5.14. The van der Waals surface area contributed by atoms with E-state index in [4.69, 9.17) is 4.74 Å². The summed E-state index contributed by atoms with van der Waals surface area (Å²) >= 11 is 0. The lowest BCUT2D eigenvalue weighted by Crippen LogP contribution is -2.32. The molecule has 0 saturated carbocycles. The SMILES string of the molecule is CCC1(CCN2C(=O)CCC2=O)CO1. The van der Waals surface area contributed by atoms with Crippen molar-refractivity contribution in [1.82, 2.24) is 4.90 Å². The highest BCUT2D eigenvalue weighted by Gasteiger charge is 2.43. The minimum absolute atomic E-state index is 0.0247. The number of carbonyl (C=O) groups excluding carboxylic acids is 2. The van der Waals surface area contributed by atoms with E-state index in [-0.39, 0.29) is 17.4 Å². The fourth-order valence-electron chi connectivity index (χ4n) is 1.82. The molecule has 78 valence electrons. The Kier molecular flexibility index (Phi) is 2.31. The number of carbonyl (C=O) groups is 2. The van der Waals surface area contributed by atoms with Gasteiger partial charge in [-0.25, -0.2) is 0 Å². The Labute approximate surface area is 83.2 Å². The Bertz CT molecular complexity index is 255. The maximum absolute atomic E-state index is 11.3. The molecular weight excluding hydrogens is 182 g/mol. The molecule has 2 fully saturated rings. The fourth-order valence-corrected chi connectivity index (χ4v) is 1.82. The van der Waals surface area contributed by atoms with Crippen molar-refractivity contribution in [3.8, 4) is 0 Å². The van der Waals surface area contributed by atoms with Crippen molar-refractivity contribution in [1.29, 1.82) is 0 Å². The van der Waals surface area contributed by atoms with Crippen molar-refractivity contribution in [2.75, 3.05) is 13.2 Å². The first-order chi connectivity index (χ1) is 6.67. The van der Waals surface area contributed by atoms with Gasteiger partial charge in [0.05, 0.1) is 12.2 Å². The molecule has 2 saturated heterocycles. The molecule has 14 heavy (non-hydrogen) atoms. The smallest absolute Gasteiger partial charge is 0.229 e. The summed E-state index contributed by atoms with van der Waals surface area (Å²) in [6, 6.07) is 0. The van der Waals surface area contributed by atoms with Crippen LogP contribution in [0.1, 0.15) is 32.6 Å². The van der Waals surface area contributed by atoms with E-state index in [2.05, 4.69) is 6.92 Å². The van der Waals surface area contributed by atoms with Crippen LogP contribution < -0.4 is 0 Å². The summed E-state index contributed by atoms with van der Waals surface area (Å²) in [5.74, 6) is -0.0520. The number of likely N-dealkylation sites (tertiary alicyclic amines) is 1. The molecule has 0 aromatic carbocycles. The molecule has 2 aliphatic rings. The maximum atomic E-state index is 11.3. The first kappa shape index (κ1) is 9.65. The van der Waals surface area contributed by atoms with Gasteiger partial charge < -0.3 is 4.74 Å². The number of rotatable bonds is 4. The molecule has 0 aliphatic carbocycles. The molecule has 0 bridgehead atoms. The highest BCUT2D eigenvalue weighted by atomic mass is 16.6. The second kappa shape index (κ2) is 3.35. The van der Waals surface area contributed by atoms with E-state index in [0.717, 1.165) is 19.4 Å². The van der Waals surface area contributed by atoms with Crippen LogP contribution in [0.3, 0.4) is 0 Å². The third-order valence-electron chi connectivity index (χ3n) is 3.14. The van der Waals surface area contributed by atoms with E-state index in [1.54, 1.807) is 0 Å². The summed E-state index contributed by atoms with van der Waals surface area (Å²) in [5.41, 5.74) is -0.0247. The quantitative estimate of drug-likeness (QED) is 0.492. The third kappa shape index (κ3) is 1.66. The molecule has 2 rings (SSSR count). The van der Waals surface area contributed by atoms with Gasteiger partial charge in [-0.3, -0.25) is 14.5 Å². The molecule has 0 radical (unpaired) electrons. The van der Waals surface area contributed by atoms with Crippen LogP contribution in [-0.4, -0.2) is 35.5 Å². The van der Waals surface area contributed by atoms with E-state index in [9.17, 15) is 9.59 Å². The summed E-state index contributed by atoms with van der Waals surface area (Å²) in [5, 5.41) is 0. The minimum Gasteiger partial charge on any atom is -0.370 e. The second-order valence-corrected chi connectivity index (χ2v) is 4.01. The predicted molar refractivity (Wildman–Crippen MR) is 49.5 cm³/mol. The molecule has 0 N–H and O–H groups in total. The van der Waals surface area contributed by atoms with Gasteiger partial charge in [-0.05, 0) is 12.8 Å². The summed E-state index contributed by atoms with van der Waals surface area (Å²) in [6.07, 6.45) is 2.53. The van der Waals surface area contributed by atoms with Gasteiger partial charge in [0.15, 0.2) is 0 Å². The van der Waals surface area contributed by atoms with Crippen molar-refractivity contribution >= 4 is 11.8 Å². The zero-order chi connectivity index (χ0) is 10.2. The van der Waals surface area contributed by atoms with Gasteiger partial charge >= 0.3 is 0 Å². The molecule has 0 aromatic heterocycles. The van der Waals surface area contributed by atoms with Crippen LogP contribution in [0.25, 0.3) is 0 Å². The number of nitrogens with zero attached hydrogens (tertiary/aromatic N) is 1. The zero-order valence-electron chi connectivity index (χ0n) is 8.41. The zero-order valence-corrected chi connectivity index (χ0v) is 8.41. The fraction of sp³-hybridized carbons (Fsp3) is 0.800. The summed E-state index contributed by atoms with van der Waals surface area (Å²) in [7, 11) is 0. The number of hydrogen-bond acceptors (Lipinski definition) is 3. The van der Waals surface area contributed by atoms with Gasteiger partial charge in [-0.2, -0.15) is 0 Å². The van der Waals surface area contributed by atoms with Crippen LogP contribution in [-0.2, 0) is 14.3 Å². The van der Waals surface area contributed by atoms with Crippen LogP contribution in [0.5, 0.6) is 0 Å². The standard InChI is InChI=1S/C10H15NO3/c1-2-10(7-14-10)5-6-11-8(12)3-4-9(11)13/h2-7H2,1H3. The number of hydrogen-bond donors (Lipinski definition) is 0. The summed E-state index contributed by atoms with van der Waals surface area (Å²) in [6.45, 7) is 3.38. The van der Waals surface area contributed by atoms with Crippen LogP contribution in [0, 0.1) is 0 Å². The Hall–Kier alpha value is -0.900. The van der Waals surface area contributed by atoms with E-state index in [0.29, 0.717) is 19.4 Å². The monoisotopic (exact) mass is 197 g/mol. The molecule has 4 heteroatoms. The number of amides is 2. The third-order valence-corrected chi connectivity index (χ3v) is 3.14. The van der Waals surface area contributed by atoms with Crippen LogP contribution in [0.4, 0.5) is 0 Å². The molecule has 4 nitrogen and oxygen atoms in total. The Balaban J connectivity index is 1.85. The maximum Gasteiger partial charge on any atom is 0.229 e. The highest BCUT2D eigenvalue weighted by molar-refractivity contribution is 6.01. The van der Waals surface area contributed by atoms with Crippen molar-refractivity contribution in [2.45, 2.75) is 38.2 Å². The van der Waals surface area contributed by atoms with Gasteiger partial charge in [0.2, 0.25) is 11.8 Å². The Morgan fingerprint density at radius 3 is 2.36 bits per heavy atom. The number of epoxide rings is 1. The summed E-state index contributed by atoms with van der Waals surface area (Å²) < 4.78 is 5.33. The number of imide groups is 1. The Morgan fingerprint density at radius 1 is 1.36 bits per heavy atom. The molecule has 2 amide bonds. The van der Waals surface area contributed by atoms with Crippen molar-refractivity contribution in [2.24, 2.45) is 0 Å². The van der Waals surface area contributed by atoms with Crippen molar-refractivity contribution in [3.05, 3.63) is 0 Å². The molecule has 2 aliphatic heterocycles. The largest absolute Gasteiger partial charge is 0.370 e.